The molecule has 0 unspecified atom stereocenters. The van der Waals surface area contributed by atoms with Crippen molar-refractivity contribution in [3.8, 4) is 11.1 Å². The molecule has 10 heteroatoms. The van der Waals surface area contributed by atoms with Crippen LogP contribution in [0.2, 0.25) is 0 Å². The van der Waals surface area contributed by atoms with Crippen LogP contribution in [0.1, 0.15) is 58.1 Å². The number of hydrogen-bond donors (Lipinski definition) is 3. The molecule has 0 saturated heterocycles. The van der Waals surface area contributed by atoms with Crippen molar-refractivity contribution in [2.45, 2.75) is 70.1 Å². The van der Waals surface area contributed by atoms with Gasteiger partial charge in [-0.15, -0.1) is 5.10 Å². The maximum atomic E-state index is 12.4. The Hall–Kier alpha value is -2.98. The third-order valence-electron chi connectivity index (χ3n) is 6.70. The summed E-state index contributed by atoms with van der Waals surface area (Å²) < 4.78 is 8.87. The number of carbonyl (C=O) groups is 1. The van der Waals surface area contributed by atoms with E-state index in [4.69, 9.17) is 9.84 Å². The van der Waals surface area contributed by atoms with Crippen molar-refractivity contribution >= 4 is 17.4 Å². The molecule has 0 aromatic carbocycles. The fourth-order valence-electron chi connectivity index (χ4n) is 4.66. The Morgan fingerprint density at radius 1 is 1.29 bits per heavy atom. The molecule has 10 nitrogen and oxygen atoms in total. The second-order valence-corrected chi connectivity index (χ2v) is 9.68. The number of rotatable bonds is 8. The second kappa shape index (κ2) is 9.71. The molecule has 1 aliphatic carbocycles. The smallest absolute Gasteiger partial charge is 0.247 e. The number of ether oxygens (including phenoxy) is 1. The minimum Gasteiger partial charge on any atom is -0.393 e. The van der Waals surface area contributed by atoms with Crippen LogP contribution in [0.5, 0.6) is 0 Å². The maximum Gasteiger partial charge on any atom is 0.247 e. The first-order chi connectivity index (χ1) is 16.2. The molecule has 1 amide bonds. The molecule has 1 fully saturated rings. The molecule has 4 rings (SSSR count). The quantitative estimate of drug-likeness (QED) is 0.464. The number of aliphatic hydroxyl groups excluding tert-OH is 1. The van der Waals surface area contributed by atoms with Crippen molar-refractivity contribution in [3.05, 3.63) is 30.4 Å². The third-order valence-corrected chi connectivity index (χ3v) is 6.70. The SMILES string of the molecule is CNC(=O)C(C)(C)n1cc(-c2cc([C@H]3CC[C@H](O)CC3)n3nc(N[C@@H](C)COC)ncc23)cn1. The number of amides is 1. The van der Waals surface area contributed by atoms with E-state index in [2.05, 4.69) is 26.8 Å². The molecule has 3 aromatic heterocycles. The number of aliphatic hydroxyl groups is 1. The lowest BCUT2D eigenvalue weighted by Gasteiger charge is -2.25. The normalized spacial score (nSPS) is 19.8. The van der Waals surface area contributed by atoms with E-state index in [1.165, 1.54) is 0 Å². The van der Waals surface area contributed by atoms with Crippen molar-refractivity contribution in [2.75, 3.05) is 26.1 Å². The van der Waals surface area contributed by atoms with Crippen molar-refractivity contribution in [3.63, 3.8) is 0 Å². The van der Waals surface area contributed by atoms with Crippen LogP contribution in [-0.4, -0.2) is 68.3 Å². The fourth-order valence-corrected chi connectivity index (χ4v) is 4.66. The highest BCUT2D eigenvalue weighted by molar-refractivity contribution is 5.84. The number of aromatic nitrogens is 5. The fraction of sp³-hybridized carbons (Fsp3) is 0.583. The van der Waals surface area contributed by atoms with Crippen LogP contribution in [0.3, 0.4) is 0 Å². The Morgan fingerprint density at radius 2 is 2.03 bits per heavy atom. The zero-order chi connectivity index (χ0) is 24.5. The van der Waals surface area contributed by atoms with Gasteiger partial charge in [-0.2, -0.15) is 5.10 Å². The van der Waals surface area contributed by atoms with Crippen LogP contribution in [0.4, 0.5) is 5.95 Å². The van der Waals surface area contributed by atoms with Crippen LogP contribution in [0.25, 0.3) is 16.6 Å². The maximum absolute atomic E-state index is 12.4. The lowest BCUT2D eigenvalue weighted by molar-refractivity contribution is -0.128. The number of likely N-dealkylation sites (N-methyl/N-ethyl adjacent to an activating group) is 1. The summed E-state index contributed by atoms with van der Waals surface area (Å²) in [4.78, 5) is 16.9. The Kier molecular flexibility index (Phi) is 6.90. The summed E-state index contributed by atoms with van der Waals surface area (Å²) in [6.07, 6.45) is 8.65. The second-order valence-electron chi connectivity index (χ2n) is 9.68. The molecule has 0 bridgehead atoms. The first kappa shape index (κ1) is 24.2. The van der Waals surface area contributed by atoms with Gasteiger partial charge < -0.3 is 20.5 Å². The van der Waals surface area contributed by atoms with E-state index in [0.717, 1.165) is 48.0 Å². The van der Waals surface area contributed by atoms with Gasteiger partial charge in [0, 0.05) is 49.1 Å². The topological polar surface area (TPSA) is 119 Å². The zero-order valence-corrected chi connectivity index (χ0v) is 20.6. The highest BCUT2D eigenvalue weighted by atomic mass is 16.5. The van der Waals surface area contributed by atoms with Crippen molar-refractivity contribution in [1.82, 2.24) is 29.7 Å². The summed E-state index contributed by atoms with van der Waals surface area (Å²) in [5.74, 6) is 0.712. The Bertz CT molecular complexity index is 1140. The van der Waals surface area contributed by atoms with Gasteiger partial charge in [0.2, 0.25) is 11.9 Å². The number of nitrogens with zero attached hydrogens (tertiary/aromatic N) is 5. The van der Waals surface area contributed by atoms with Gasteiger partial charge in [-0.05, 0) is 52.5 Å². The van der Waals surface area contributed by atoms with E-state index < -0.39 is 5.54 Å². The summed E-state index contributed by atoms with van der Waals surface area (Å²) in [5.41, 5.74) is 3.02. The molecule has 1 aliphatic rings. The summed E-state index contributed by atoms with van der Waals surface area (Å²) in [5, 5.41) is 25.3. The molecule has 3 heterocycles. The van der Waals surface area contributed by atoms with Crippen LogP contribution >= 0.6 is 0 Å². The van der Waals surface area contributed by atoms with E-state index in [-0.39, 0.29) is 18.1 Å². The molecule has 0 spiro atoms. The average Bonchev–Trinajstić information content (AvgIpc) is 3.44. The Labute approximate surface area is 199 Å². The molecule has 0 aliphatic heterocycles. The van der Waals surface area contributed by atoms with Gasteiger partial charge in [0.05, 0.1) is 30.6 Å². The average molecular weight is 470 g/mol. The van der Waals surface area contributed by atoms with Gasteiger partial charge in [0.1, 0.15) is 5.54 Å². The predicted molar refractivity (Wildman–Crippen MR) is 130 cm³/mol. The number of anilines is 1. The molecule has 1 saturated carbocycles. The number of fused-ring (bicyclic) bond motifs is 1. The standard InChI is InChI=1S/C24H35N7O3/c1-15(14-34-5)28-23-26-12-21-19(17-11-27-30(13-17)24(2,3)22(33)25-4)10-20(31(21)29-23)16-6-8-18(32)9-7-16/h10-13,15-16,18,32H,6-9,14H2,1-5H3,(H,25,33)(H,28,29)/t15-,16-,18-/m0/s1. The molecular formula is C24H35N7O3. The highest BCUT2D eigenvalue weighted by Gasteiger charge is 2.31. The van der Waals surface area contributed by atoms with E-state index in [1.54, 1.807) is 25.0 Å². The lowest BCUT2D eigenvalue weighted by Crippen LogP contribution is -2.43. The van der Waals surface area contributed by atoms with Crippen LogP contribution in [-0.2, 0) is 15.1 Å². The number of nitrogens with one attached hydrogen (secondary N) is 2. The van der Waals surface area contributed by atoms with E-state index in [1.807, 2.05) is 37.7 Å². The summed E-state index contributed by atoms with van der Waals surface area (Å²) in [6.45, 7) is 6.24. The van der Waals surface area contributed by atoms with Gasteiger partial charge >= 0.3 is 0 Å². The molecule has 1 atom stereocenters. The first-order valence-corrected chi connectivity index (χ1v) is 11.8. The van der Waals surface area contributed by atoms with E-state index in [9.17, 15) is 9.90 Å². The van der Waals surface area contributed by atoms with Crippen molar-refractivity contribution in [1.29, 1.82) is 0 Å². The van der Waals surface area contributed by atoms with Crippen molar-refractivity contribution in [2.24, 2.45) is 0 Å². The van der Waals surface area contributed by atoms with Crippen LogP contribution < -0.4 is 10.6 Å². The zero-order valence-electron chi connectivity index (χ0n) is 20.6. The van der Waals surface area contributed by atoms with Gasteiger partial charge in [-0.3, -0.25) is 9.48 Å². The third kappa shape index (κ3) is 4.65. The first-order valence-electron chi connectivity index (χ1n) is 11.8. The minimum absolute atomic E-state index is 0.0657. The van der Waals surface area contributed by atoms with Crippen LogP contribution in [0, 0.1) is 0 Å². The number of carbonyl (C=O) groups excluding carboxylic acids is 1. The summed E-state index contributed by atoms with van der Waals surface area (Å²) in [7, 11) is 3.29. The Morgan fingerprint density at radius 3 is 2.71 bits per heavy atom. The molecule has 184 valence electrons. The highest BCUT2D eigenvalue weighted by Crippen LogP contribution is 2.37. The largest absolute Gasteiger partial charge is 0.393 e. The van der Waals surface area contributed by atoms with Gasteiger partial charge in [-0.25, -0.2) is 9.50 Å². The van der Waals surface area contributed by atoms with Gasteiger partial charge in [0.15, 0.2) is 0 Å². The van der Waals surface area contributed by atoms with Gasteiger partial charge in [-0.1, -0.05) is 0 Å². The van der Waals surface area contributed by atoms with Crippen molar-refractivity contribution < 1.29 is 14.6 Å². The van der Waals surface area contributed by atoms with Gasteiger partial charge in [0.25, 0.3) is 0 Å². The van der Waals surface area contributed by atoms with E-state index in [0.29, 0.717) is 18.5 Å². The van der Waals surface area contributed by atoms with E-state index >= 15 is 0 Å². The molecule has 34 heavy (non-hydrogen) atoms. The molecule has 3 N–H and O–H groups in total. The lowest BCUT2D eigenvalue weighted by atomic mass is 9.85. The molecule has 3 aromatic rings. The number of hydrogen-bond acceptors (Lipinski definition) is 7. The predicted octanol–water partition coefficient (Wildman–Crippen LogP) is 2.54. The summed E-state index contributed by atoms with van der Waals surface area (Å²) >= 11 is 0. The van der Waals surface area contributed by atoms with Crippen LogP contribution in [0.15, 0.2) is 24.7 Å². The molecular weight excluding hydrogens is 434 g/mol. The minimum atomic E-state index is -0.823. The monoisotopic (exact) mass is 469 g/mol. The number of methoxy groups -OCH3 is 1. The molecule has 0 radical (unpaired) electrons. The Balaban J connectivity index is 1.76. The summed E-state index contributed by atoms with van der Waals surface area (Å²) in [6, 6.07) is 2.22.